The first-order valence-electron chi connectivity index (χ1n) is 8.64. The van der Waals surface area contributed by atoms with Crippen LogP contribution in [0.3, 0.4) is 0 Å². The summed E-state index contributed by atoms with van der Waals surface area (Å²) in [6, 6.07) is 14.9. The lowest BCUT2D eigenvalue weighted by Crippen LogP contribution is -2.48. The molecule has 23 heavy (non-hydrogen) atoms. The van der Waals surface area contributed by atoms with Crippen LogP contribution < -0.4 is 0 Å². The largest absolute Gasteiger partial charge is 0.380 e. The number of rotatable bonds is 1. The minimum Gasteiger partial charge on any atom is -0.380 e. The highest BCUT2D eigenvalue weighted by molar-refractivity contribution is 9.10. The van der Waals surface area contributed by atoms with E-state index in [9.17, 15) is 5.11 Å². The zero-order chi connectivity index (χ0) is 16.1. The Kier molecular flexibility index (Phi) is 3.66. The Labute approximate surface area is 146 Å². The van der Waals surface area contributed by atoms with Crippen molar-refractivity contribution >= 4 is 15.9 Å². The molecule has 0 amide bonds. The van der Waals surface area contributed by atoms with Crippen LogP contribution in [0.1, 0.15) is 54.4 Å². The lowest BCUT2D eigenvalue weighted by Gasteiger charge is -2.50. The van der Waals surface area contributed by atoms with Gasteiger partial charge >= 0.3 is 0 Å². The molecule has 4 rings (SSSR count). The molecule has 1 fully saturated rings. The number of hydrogen-bond acceptors (Lipinski definition) is 1. The Morgan fingerprint density at radius 3 is 2.35 bits per heavy atom. The first kappa shape index (κ1) is 15.4. The molecule has 2 heteroatoms. The van der Waals surface area contributed by atoms with Crippen LogP contribution in [-0.4, -0.2) is 5.11 Å². The van der Waals surface area contributed by atoms with Crippen molar-refractivity contribution in [3.05, 3.63) is 69.2 Å². The molecule has 120 valence electrons. The van der Waals surface area contributed by atoms with E-state index in [1.54, 1.807) is 0 Å². The lowest BCUT2D eigenvalue weighted by molar-refractivity contribution is -0.0680. The first-order chi connectivity index (χ1) is 11.1. The van der Waals surface area contributed by atoms with Crippen LogP contribution in [0.4, 0.5) is 0 Å². The predicted molar refractivity (Wildman–Crippen MR) is 97.5 cm³/mol. The molecule has 0 bridgehead atoms. The van der Waals surface area contributed by atoms with Crippen LogP contribution in [0.2, 0.25) is 0 Å². The fourth-order valence-electron chi connectivity index (χ4n) is 4.94. The Bertz CT molecular complexity index is 728. The van der Waals surface area contributed by atoms with Gasteiger partial charge in [0.1, 0.15) is 5.60 Å². The second kappa shape index (κ2) is 5.46. The van der Waals surface area contributed by atoms with Gasteiger partial charge in [0.25, 0.3) is 0 Å². The molecular formula is C21H23BrO. The molecule has 1 N–H and O–H groups in total. The summed E-state index contributed by atoms with van der Waals surface area (Å²) in [5.41, 5.74) is 3.94. The number of benzene rings is 2. The van der Waals surface area contributed by atoms with Crippen LogP contribution in [0.5, 0.6) is 0 Å². The van der Waals surface area contributed by atoms with Crippen LogP contribution >= 0.6 is 15.9 Å². The topological polar surface area (TPSA) is 20.2 Å². The molecule has 1 unspecified atom stereocenters. The Balaban J connectivity index is 1.96. The molecule has 1 atom stereocenters. The van der Waals surface area contributed by atoms with Crippen molar-refractivity contribution in [2.45, 2.75) is 51.0 Å². The van der Waals surface area contributed by atoms with Gasteiger partial charge in [-0.2, -0.15) is 0 Å². The Hall–Kier alpha value is -1.12. The highest BCUT2D eigenvalue weighted by Gasteiger charge is 2.55. The predicted octanol–water partition coefficient (Wildman–Crippen LogP) is 5.50. The summed E-state index contributed by atoms with van der Waals surface area (Å²) in [6.07, 6.45) is 6.92. The van der Waals surface area contributed by atoms with Crippen molar-refractivity contribution in [3.63, 3.8) is 0 Å². The van der Waals surface area contributed by atoms with E-state index in [2.05, 4.69) is 65.3 Å². The fraction of sp³-hybridized carbons (Fsp3) is 0.429. The van der Waals surface area contributed by atoms with Crippen molar-refractivity contribution in [3.8, 4) is 0 Å². The van der Waals surface area contributed by atoms with Gasteiger partial charge in [0, 0.05) is 9.89 Å². The molecule has 0 heterocycles. The summed E-state index contributed by atoms with van der Waals surface area (Å²) >= 11 is 3.52. The standard InChI is InChI=1S/C21H23BrO/c1-15-4-9-19-16(14-15)10-13-20(11-2-3-12-20)21(19,23)17-5-7-18(22)8-6-17/h4-9,14,23H,2-3,10-13H2,1H3. The van der Waals surface area contributed by atoms with Gasteiger partial charge in [-0.25, -0.2) is 0 Å². The van der Waals surface area contributed by atoms with E-state index in [4.69, 9.17) is 0 Å². The molecule has 1 nitrogen and oxygen atoms in total. The van der Waals surface area contributed by atoms with E-state index < -0.39 is 5.60 Å². The summed E-state index contributed by atoms with van der Waals surface area (Å²) in [5, 5.41) is 12.1. The van der Waals surface area contributed by atoms with Crippen LogP contribution in [0.25, 0.3) is 0 Å². The van der Waals surface area contributed by atoms with E-state index in [1.165, 1.54) is 24.0 Å². The smallest absolute Gasteiger partial charge is 0.120 e. The minimum atomic E-state index is -0.856. The highest BCUT2D eigenvalue weighted by atomic mass is 79.9. The summed E-state index contributed by atoms with van der Waals surface area (Å²) < 4.78 is 1.06. The number of fused-ring (bicyclic) bond motifs is 1. The molecule has 1 spiro atoms. The number of aliphatic hydroxyl groups is 1. The second-order valence-corrected chi connectivity index (χ2v) is 8.28. The van der Waals surface area contributed by atoms with E-state index in [0.717, 1.165) is 41.3 Å². The molecule has 0 saturated heterocycles. The number of halogens is 1. The quantitative estimate of drug-likeness (QED) is 0.702. The molecule has 0 radical (unpaired) electrons. The average molecular weight is 371 g/mol. The van der Waals surface area contributed by atoms with Crippen molar-refractivity contribution in [1.29, 1.82) is 0 Å². The third-order valence-electron chi connectivity index (χ3n) is 6.11. The Morgan fingerprint density at radius 1 is 0.957 bits per heavy atom. The third kappa shape index (κ3) is 2.22. The van der Waals surface area contributed by atoms with Crippen molar-refractivity contribution < 1.29 is 5.11 Å². The average Bonchev–Trinajstić information content (AvgIpc) is 3.02. The van der Waals surface area contributed by atoms with Crippen LogP contribution in [0, 0.1) is 12.3 Å². The zero-order valence-electron chi connectivity index (χ0n) is 13.6. The zero-order valence-corrected chi connectivity index (χ0v) is 15.2. The van der Waals surface area contributed by atoms with Gasteiger partial charge in [0.05, 0.1) is 0 Å². The molecule has 0 aromatic heterocycles. The molecule has 0 aliphatic heterocycles. The van der Waals surface area contributed by atoms with Gasteiger partial charge in [0.15, 0.2) is 0 Å². The normalized spacial score (nSPS) is 25.5. The van der Waals surface area contributed by atoms with Crippen molar-refractivity contribution in [1.82, 2.24) is 0 Å². The lowest BCUT2D eigenvalue weighted by atomic mass is 9.57. The first-order valence-corrected chi connectivity index (χ1v) is 9.43. The number of aryl methyl sites for hydroxylation is 2. The van der Waals surface area contributed by atoms with E-state index in [-0.39, 0.29) is 5.41 Å². The van der Waals surface area contributed by atoms with Gasteiger partial charge in [0.2, 0.25) is 0 Å². The molecule has 2 aromatic carbocycles. The van der Waals surface area contributed by atoms with Crippen LogP contribution in [0.15, 0.2) is 46.9 Å². The minimum absolute atomic E-state index is 0.00306. The molecule has 2 aliphatic carbocycles. The third-order valence-corrected chi connectivity index (χ3v) is 6.64. The van der Waals surface area contributed by atoms with Crippen molar-refractivity contribution in [2.24, 2.45) is 5.41 Å². The second-order valence-electron chi connectivity index (χ2n) is 7.37. The SMILES string of the molecule is Cc1ccc2c(c1)CCC1(CCCC1)C2(O)c1ccc(Br)cc1. The van der Waals surface area contributed by atoms with E-state index in [1.807, 2.05) is 0 Å². The molecular weight excluding hydrogens is 348 g/mol. The summed E-state index contributed by atoms with van der Waals surface area (Å²) in [6.45, 7) is 2.14. The number of hydrogen-bond donors (Lipinski definition) is 1. The van der Waals surface area contributed by atoms with Crippen molar-refractivity contribution in [2.75, 3.05) is 0 Å². The van der Waals surface area contributed by atoms with Gasteiger partial charge in [-0.1, -0.05) is 64.7 Å². The summed E-state index contributed by atoms with van der Waals surface area (Å²) in [7, 11) is 0. The monoisotopic (exact) mass is 370 g/mol. The van der Waals surface area contributed by atoms with Gasteiger partial charge in [-0.05, 0) is 61.4 Å². The Morgan fingerprint density at radius 2 is 1.65 bits per heavy atom. The van der Waals surface area contributed by atoms with Gasteiger partial charge in [-0.15, -0.1) is 0 Å². The highest BCUT2D eigenvalue weighted by Crippen LogP contribution is 2.60. The molecule has 2 aliphatic rings. The molecule has 1 saturated carbocycles. The van der Waals surface area contributed by atoms with E-state index >= 15 is 0 Å². The fourth-order valence-corrected chi connectivity index (χ4v) is 5.20. The maximum Gasteiger partial charge on any atom is 0.120 e. The maximum atomic E-state index is 12.1. The summed E-state index contributed by atoms with van der Waals surface area (Å²) in [5.74, 6) is 0. The van der Waals surface area contributed by atoms with Gasteiger partial charge < -0.3 is 5.11 Å². The molecule has 2 aromatic rings. The van der Waals surface area contributed by atoms with Crippen LogP contribution in [-0.2, 0) is 12.0 Å². The van der Waals surface area contributed by atoms with E-state index in [0.29, 0.717) is 0 Å². The maximum absolute atomic E-state index is 12.1. The summed E-state index contributed by atoms with van der Waals surface area (Å²) in [4.78, 5) is 0. The van der Waals surface area contributed by atoms with Gasteiger partial charge in [-0.3, -0.25) is 0 Å².